The summed E-state index contributed by atoms with van der Waals surface area (Å²) in [5.74, 6) is -1.53. The van der Waals surface area contributed by atoms with Crippen LogP contribution in [-0.2, 0) is 9.53 Å². The number of alkyl halides is 2. The molecule has 1 N–H and O–H groups in total. The number of benzene rings is 2. The molecule has 0 bridgehead atoms. The molecule has 0 aliphatic rings. The van der Waals surface area contributed by atoms with Crippen molar-refractivity contribution in [1.29, 1.82) is 0 Å². The largest absolute Gasteiger partial charge is 0.496 e. The molecule has 1 atom stereocenters. The maximum Gasteiger partial charge on any atom is 0.387 e. The molecule has 0 fully saturated rings. The lowest BCUT2D eigenvalue weighted by atomic mass is 10.2. The highest BCUT2D eigenvalue weighted by atomic mass is 35.5. The predicted molar refractivity (Wildman–Crippen MR) is 94.6 cm³/mol. The Kier molecular flexibility index (Phi) is 6.95. The Labute approximate surface area is 159 Å². The van der Waals surface area contributed by atoms with Crippen LogP contribution in [0.25, 0.3) is 0 Å². The summed E-state index contributed by atoms with van der Waals surface area (Å²) in [6.45, 7) is -1.71. The van der Waals surface area contributed by atoms with Crippen LogP contribution in [0.15, 0.2) is 42.5 Å². The molecule has 0 aliphatic carbocycles. The van der Waals surface area contributed by atoms with E-state index in [0.29, 0.717) is 0 Å². The van der Waals surface area contributed by atoms with Gasteiger partial charge in [-0.25, -0.2) is 4.79 Å². The SMILES string of the molecule is COc1ccc(Cl)cc1C(=O)OC(C)C(=O)Nc1ccccc1OC(F)F. The number of esters is 1. The van der Waals surface area contributed by atoms with Crippen molar-refractivity contribution in [3.8, 4) is 11.5 Å². The monoisotopic (exact) mass is 399 g/mol. The number of hydrogen-bond acceptors (Lipinski definition) is 5. The van der Waals surface area contributed by atoms with Gasteiger partial charge in [0.05, 0.1) is 12.8 Å². The van der Waals surface area contributed by atoms with Gasteiger partial charge in [-0.15, -0.1) is 0 Å². The zero-order valence-electron chi connectivity index (χ0n) is 14.4. The molecule has 9 heteroatoms. The Bertz CT molecular complexity index is 831. The first kappa shape index (κ1) is 20.4. The highest BCUT2D eigenvalue weighted by Crippen LogP contribution is 2.26. The first-order chi connectivity index (χ1) is 12.8. The van der Waals surface area contributed by atoms with Gasteiger partial charge in [-0.1, -0.05) is 23.7 Å². The third-order valence-corrected chi connectivity index (χ3v) is 3.63. The number of carbonyl (C=O) groups is 2. The van der Waals surface area contributed by atoms with Gasteiger partial charge >= 0.3 is 12.6 Å². The Hall–Kier alpha value is -2.87. The predicted octanol–water partition coefficient (Wildman–Crippen LogP) is 4.13. The minimum Gasteiger partial charge on any atom is -0.496 e. The van der Waals surface area contributed by atoms with Gasteiger partial charge in [-0.05, 0) is 37.3 Å². The van der Waals surface area contributed by atoms with Crippen LogP contribution in [0.4, 0.5) is 14.5 Å². The third kappa shape index (κ3) is 5.55. The number of halogens is 3. The first-order valence-corrected chi connectivity index (χ1v) is 8.09. The topological polar surface area (TPSA) is 73.9 Å². The summed E-state index contributed by atoms with van der Waals surface area (Å²) in [7, 11) is 1.37. The lowest BCUT2D eigenvalue weighted by Crippen LogP contribution is -2.30. The summed E-state index contributed by atoms with van der Waals surface area (Å²) in [5, 5.41) is 2.67. The standard InChI is InChI=1S/C18H16ClF2NO5/c1-10(26-17(24)12-9-11(19)7-8-14(12)25-2)16(23)22-13-5-3-4-6-15(13)27-18(20)21/h3-10,18H,1-2H3,(H,22,23). The maximum absolute atomic E-state index is 12.4. The van der Waals surface area contributed by atoms with Gasteiger partial charge in [0, 0.05) is 5.02 Å². The minimum absolute atomic E-state index is 0.0195. The summed E-state index contributed by atoms with van der Waals surface area (Å²) in [4.78, 5) is 24.5. The molecule has 0 heterocycles. The Morgan fingerprint density at radius 1 is 1.11 bits per heavy atom. The molecule has 0 aliphatic heterocycles. The van der Waals surface area contributed by atoms with Crippen molar-refractivity contribution in [3.63, 3.8) is 0 Å². The second kappa shape index (κ2) is 9.18. The third-order valence-electron chi connectivity index (χ3n) is 3.40. The van der Waals surface area contributed by atoms with E-state index in [1.807, 2.05) is 0 Å². The fourth-order valence-corrected chi connectivity index (χ4v) is 2.29. The van der Waals surface area contributed by atoms with Gasteiger partial charge in [0.2, 0.25) is 0 Å². The number of amides is 1. The van der Waals surface area contributed by atoms with Crippen LogP contribution in [-0.4, -0.2) is 31.7 Å². The Morgan fingerprint density at radius 3 is 2.48 bits per heavy atom. The summed E-state index contributed by atoms with van der Waals surface area (Å²) in [6.07, 6.45) is -1.22. The molecule has 0 radical (unpaired) electrons. The van der Waals surface area contributed by atoms with Crippen molar-refractivity contribution in [2.24, 2.45) is 0 Å². The zero-order valence-corrected chi connectivity index (χ0v) is 15.1. The average Bonchev–Trinajstić information content (AvgIpc) is 2.62. The summed E-state index contributed by atoms with van der Waals surface area (Å²) >= 11 is 5.87. The lowest BCUT2D eigenvalue weighted by Gasteiger charge is -2.16. The van der Waals surface area contributed by atoms with Crippen molar-refractivity contribution >= 4 is 29.2 Å². The molecular weight excluding hydrogens is 384 g/mol. The van der Waals surface area contributed by atoms with Crippen LogP contribution in [0.1, 0.15) is 17.3 Å². The van der Waals surface area contributed by atoms with Crippen molar-refractivity contribution in [2.45, 2.75) is 19.6 Å². The minimum atomic E-state index is -3.05. The highest BCUT2D eigenvalue weighted by Gasteiger charge is 2.23. The van der Waals surface area contributed by atoms with E-state index in [9.17, 15) is 18.4 Å². The molecule has 27 heavy (non-hydrogen) atoms. The lowest BCUT2D eigenvalue weighted by molar-refractivity contribution is -0.123. The molecule has 0 spiro atoms. The Morgan fingerprint density at radius 2 is 1.81 bits per heavy atom. The summed E-state index contributed by atoms with van der Waals surface area (Å²) in [6, 6.07) is 10.0. The van der Waals surface area contributed by atoms with E-state index in [1.165, 1.54) is 56.5 Å². The zero-order chi connectivity index (χ0) is 20.0. The van der Waals surface area contributed by atoms with Crippen LogP contribution in [0, 0.1) is 0 Å². The second-order valence-corrected chi connectivity index (χ2v) is 5.69. The van der Waals surface area contributed by atoms with Crippen LogP contribution in [0.2, 0.25) is 5.02 Å². The highest BCUT2D eigenvalue weighted by molar-refractivity contribution is 6.31. The molecule has 0 aromatic heterocycles. The van der Waals surface area contributed by atoms with Crippen LogP contribution < -0.4 is 14.8 Å². The van der Waals surface area contributed by atoms with Crippen molar-refractivity contribution in [3.05, 3.63) is 53.1 Å². The van der Waals surface area contributed by atoms with Gasteiger partial charge in [0.1, 0.15) is 17.1 Å². The molecule has 0 saturated carbocycles. The van der Waals surface area contributed by atoms with E-state index in [2.05, 4.69) is 10.1 Å². The molecule has 1 unspecified atom stereocenters. The molecule has 2 aromatic carbocycles. The van der Waals surface area contributed by atoms with Crippen molar-refractivity contribution in [1.82, 2.24) is 0 Å². The second-order valence-electron chi connectivity index (χ2n) is 5.26. The number of ether oxygens (including phenoxy) is 3. The van der Waals surface area contributed by atoms with E-state index in [4.69, 9.17) is 21.1 Å². The number of carbonyl (C=O) groups excluding carboxylic acids is 2. The molecule has 6 nitrogen and oxygen atoms in total. The van der Waals surface area contributed by atoms with Gasteiger partial charge in [0.25, 0.3) is 5.91 Å². The van der Waals surface area contributed by atoms with Crippen LogP contribution in [0.5, 0.6) is 11.5 Å². The van der Waals surface area contributed by atoms with E-state index < -0.39 is 24.6 Å². The fraction of sp³-hybridized carbons (Fsp3) is 0.222. The number of methoxy groups -OCH3 is 1. The molecule has 2 rings (SSSR count). The first-order valence-electron chi connectivity index (χ1n) is 7.71. The molecule has 2 aromatic rings. The van der Waals surface area contributed by atoms with Crippen LogP contribution in [0.3, 0.4) is 0 Å². The molecular formula is C18H16ClF2NO5. The summed E-state index contributed by atoms with van der Waals surface area (Å²) < 4.78 is 39.4. The van der Waals surface area contributed by atoms with Gasteiger partial charge in [-0.2, -0.15) is 8.78 Å². The number of hydrogen-bond donors (Lipinski definition) is 1. The fourth-order valence-electron chi connectivity index (χ4n) is 2.12. The van der Waals surface area contributed by atoms with Gasteiger partial charge < -0.3 is 19.5 Å². The number of anilines is 1. The smallest absolute Gasteiger partial charge is 0.387 e. The quantitative estimate of drug-likeness (QED) is 0.708. The van der Waals surface area contributed by atoms with Gasteiger partial charge in [0.15, 0.2) is 6.10 Å². The van der Waals surface area contributed by atoms with Crippen molar-refractivity contribution < 1.29 is 32.6 Å². The van der Waals surface area contributed by atoms with Gasteiger partial charge in [-0.3, -0.25) is 4.79 Å². The number of rotatable bonds is 7. The number of para-hydroxylation sites is 2. The normalized spacial score (nSPS) is 11.6. The van der Waals surface area contributed by atoms with E-state index in [1.54, 1.807) is 0 Å². The van der Waals surface area contributed by atoms with Crippen molar-refractivity contribution in [2.75, 3.05) is 12.4 Å². The molecule has 1 amide bonds. The van der Waals surface area contributed by atoms with E-state index >= 15 is 0 Å². The molecule has 0 saturated heterocycles. The Balaban J connectivity index is 2.08. The number of nitrogens with one attached hydrogen (secondary N) is 1. The van der Waals surface area contributed by atoms with Crippen LogP contribution >= 0.6 is 11.6 Å². The summed E-state index contributed by atoms with van der Waals surface area (Å²) in [5.41, 5.74) is 0.0668. The van der Waals surface area contributed by atoms with E-state index in [0.717, 1.165) is 0 Å². The average molecular weight is 400 g/mol. The maximum atomic E-state index is 12.4. The van der Waals surface area contributed by atoms with E-state index in [-0.39, 0.29) is 27.8 Å². The molecule has 144 valence electrons.